The van der Waals surface area contributed by atoms with Gasteiger partial charge in [0.05, 0.1) is 0 Å². The van der Waals surface area contributed by atoms with Gasteiger partial charge in [0.2, 0.25) is 0 Å². The van der Waals surface area contributed by atoms with Crippen molar-refractivity contribution in [3.05, 3.63) is 53.0 Å². The highest BCUT2D eigenvalue weighted by atomic mass is 79.9. The van der Waals surface area contributed by atoms with Crippen LogP contribution in [0, 0.1) is 0 Å². The smallest absolute Gasteiger partial charge is 0.131 e. The van der Waals surface area contributed by atoms with Crippen molar-refractivity contribution in [1.82, 2.24) is 0 Å². The number of hydrogen-bond donors (Lipinski definition) is 1. The number of phenolic OH excluding ortho intramolecular Hbond substituents is 1. The third kappa shape index (κ3) is 1.89. The number of fused-ring (bicyclic) bond motifs is 2. The Morgan fingerprint density at radius 3 is 2.35 bits per heavy atom. The van der Waals surface area contributed by atoms with Crippen LogP contribution >= 0.6 is 15.9 Å². The lowest BCUT2D eigenvalue weighted by Gasteiger charge is -2.06. The van der Waals surface area contributed by atoms with Crippen LogP contribution in [0.1, 0.15) is 7.43 Å². The molecule has 3 aromatic rings. The molecule has 1 nitrogen and oxygen atoms in total. The van der Waals surface area contributed by atoms with Crippen LogP contribution in [-0.2, 0) is 0 Å². The van der Waals surface area contributed by atoms with E-state index in [1.807, 2.05) is 42.5 Å². The zero-order valence-corrected chi connectivity index (χ0v) is 10.0. The number of rotatable bonds is 0. The maximum atomic E-state index is 10.2. The molecular formula is C15H13BrO. The number of benzene rings is 3. The SMILES string of the molecule is C.Oc1c2ccccc2cc2ccc(Br)cc12. The summed E-state index contributed by atoms with van der Waals surface area (Å²) < 4.78 is 0.977. The predicted molar refractivity (Wildman–Crippen MR) is 77.5 cm³/mol. The van der Waals surface area contributed by atoms with Crippen molar-refractivity contribution in [3.8, 4) is 5.75 Å². The van der Waals surface area contributed by atoms with Crippen molar-refractivity contribution in [2.45, 2.75) is 7.43 Å². The van der Waals surface area contributed by atoms with Crippen LogP contribution in [0.5, 0.6) is 5.75 Å². The third-order valence-electron chi connectivity index (χ3n) is 2.80. The van der Waals surface area contributed by atoms with Gasteiger partial charge in [-0.15, -0.1) is 0 Å². The highest BCUT2D eigenvalue weighted by molar-refractivity contribution is 9.10. The summed E-state index contributed by atoms with van der Waals surface area (Å²) in [5.74, 6) is 0.356. The van der Waals surface area contributed by atoms with Crippen molar-refractivity contribution in [1.29, 1.82) is 0 Å². The summed E-state index contributed by atoms with van der Waals surface area (Å²) in [6.07, 6.45) is 0. The van der Waals surface area contributed by atoms with Gasteiger partial charge in [-0.05, 0) is 29.0 Å². The minimum absolute atomic E-state index is 0. The Labute approximate surface area is 109 Å². The molecule has 0 aliphatic heterocycles. The Bertz CT molecular complexity index is 689. The van der Waals surface area contributed by atoms with Gasteiger partial charge in [-0.2, -0.15) is 0 Å². The monoisotopic (exact) mass is 288 g/mol. The normalized spacial score (nSPS) is 10.4. The molecule has 0 aromatic heterocycles. The van der Waals surface area contributed by atoms with Crippen LogP contribution < -0.4 is 0 Å². The molecule has 3 rings (SSSR count). The highest BCUT2D eigenvalue weighted by Gasteiger charge is 2.05. The fraction of sp³-hybridized carbons (Fsp3) is 0.0667. The molecule has 0 aliphatic carbocycles. The van der Waals surface area contributed by atoms with Crippen molar-refractivity contribution in [2.75, 3.05) is 0 Å². The minimum Gasteiger partial charge on any atom is -0.507 e. The van der Waals surface area contributed by atoms with E-state index in [0.717, 1.165) is 26.0 Å². The molecule has 0 unspecified atom stereocenters. The summed E-state index contributed by atoms with van der Waals surface area (Å²) in [6, 6.07) is 15.9. The Morgan fingerprint density at radius 1 is 0.824 bits per heavy atom. The molecule has 0 bridgehead atoms. The van der Waals surface area contributed by atoms with E-state index >= 15 is 0 Å². The predicted octanol–water partition coefficient (Wildman–Crippen LogP) is 5.10. The van der Waals surface area contributed by atoms with Crippen LogP contribution in [0.15, 0.2) is 53.0 Å². The summed E-state index contributed by atoms with van der Waals surface area (Å²) in [4.78, 5) is 0. The third-order valence-corrected chi connectivity index (χ3v) is 3.29. The number of hydrogen-bond acceptors (Lipinski definition) is 1. The molecule has 0 amide bonds. The maximum Gasteiger partial charge on any atom is 0.131 e. The zero-order valence-electron chi connectivity index (χ0n) is 8.44. The second-order valence-electron chi connectivity index (χ2n) is 3.81. The molecule has 1 N–H and O–H groups in total. The Hall–Kier alpha value is -1.54. The molecule has 2 heteroatoms. The number of halogens is 1. The van der Waals surface area contributed by atoms with Gasteiger partial charge in [-0.1, -0.05) is 53.7 Å². The van der Waals surface area contributed by atoms with Gasteiger partial charge in [0.25, 0.3) is 0 Å². The first-order chi connectivity index (χ1) is 7.75. The molecule has 0 spiro atoms. The molecule has 0 saturated carbocycles. The van der Waals surface area contributed by atoms with Crippen LogP contribution in [0.25, 0.3) is 21.5 Å². The van der Waals surface area contributed by atoms with Gasteiger partial charge in [-0.25, -0.2) is 0 Å². The number of aromatic hydroxyl groups is 1. The fourth-order valence-electron chi connectivity index (χ4n) is 2.01. The van der Waals surface area contributed by atoms with E-state index in [1.54, 1.807) is 0 Å². The van der Waals surface area contributed by atoms with Gasteiger partial charge in [0, 0.05) is 15.2 Å². The summed E-state index contributed by atoms with van der Waals surface area (Å²) in [7, 11) is 0. The molecule has 17 heavy (non-hydrogen) atoms. The van der Waals surface area contributed by atoms with Crippen LogP contribution in [0.3, 0.4) is 0 Å². The van der Waals surface area contributed by atoms with E-state index < -0.39 is 0 Å². The van der Waals surface area contributed by atoms with Crippen molar-refractivity contribution >= 4 is 37.5 Å². The molecular weight excluding hydrogens is 276 g/mol. The van der Waals surface area contributed by atoms with E-state index in [2.05, 4.69) is 22.0 Å². The minimum atomic E-state index is 0. The summed E-state index contributed by atoms with van der Waals surface area (Å²) in [6.45, 7) is 0. The van der Waals surface area contributed by atoms with Gasteiger partial charge in [-0.3, -0.25) is 0 Å². The first kappa shape index (κ1) is 11.9. The average molecular weight is 289 g/mol. The van der Waals surface area contributed by atoms with Crippen LogP contribution in [-0.4, -0.2) is 5.11 Å². The lowest BCUT2D eigenvalue weighted by atomic mass is 10.0. The quantitative estimate of drug-likeness (QED) is 0.571. The molecule has 0 atom stereocenters. The lowest BCUT2D eigenvalue weighted by molar-refractivity contribution is 0.488. The van der Waals surface area contributed by atoms with Gasteiger partial charge >= 0.3 is 0 Å². The molecule has 0 saturated heterocycles. The zero-order chi connectivity index (χ0) is 11.1. The van der Waals surface area contributed by atoms with E-state index in [9.17, 15) is 5.11 Å². The van der Waals surface area contributed by atoms with Crippen molar-refractivity contribution in [3.63, 3.8) is 0 Å². The molecule has 0 heterocycles. The fourth-order valence-corrected chi connectivity index (χ4v) is 2.37. The van der Waals surface area contributed by atoms with Crippen molar-refractivity contribution in [2.24, 2.45) is 0 Å². The molecule has 86 valence electrons. The van der Waals surface area contributed by atoms with Crippen LogP contribution in [0.2, 0.25) is 0 Å². The van der Waals surface area contributed by atoms with Gasteiger partial charge in [0.1, 0.15) is 5.75 Å². The Kier molecular flexibility index (Phi) is 3.07. The van der Waals surface area contributed by atoms with Crippen molar-refractivity contribution < 1.29 is 5.11 Å². The second kappa shape index (κ2) is 4.38. The first-order valence-corrected chi connectivity index (χ1v) is 5.85. The summed E-state index contributed by atoms with van der Waals surface area (Å²) in [5.41, 5.74) is 0. The largest absolute Gasteiger partial charge is 0.507 e. The standard InChI is InChI=1S/C14H9BrO.CH4/c15-11-6-5-10-7-9-3-1-2-4-12(9)14(16)13(10)8-11;/h1-8,16H;1H4. The van der Waals surface area contributed by atoms with E-state index in [1.165, 1.54) is 0 Å². The Balaban J connectivity index is 0.00000108. The lowest BCUT2D eigenvalue weighted by Crippen LogP contribution is -1.78. The van der Waals surface area contributed by atoms with Gasteiger partial charge in [0.15, 0.2) is 0 Å². The molecule has 0 fully saturated rings. The second-order valence-corrected chi connectivity index (χ2v) is 4.73. The van der Waals surface area contributed by atoms with Crippen LogP contribution in [0.4, 0.5) is 0 Å². The topological polar surface area (TPSA) is 20.2 Å². The molecule has 3 aromatic carbocycles. The highest BCUT2D eigenvalue weighted by Crippen LogP contribution is 2.34. The Morgan fingerprint density at radius 2 is 1.53 bits per heavy atom. The molecule has 0 radical (unpaired) electrons. The average Bonchev–Trinajstić information content (AvgIpc) is 2.31. The number of phenols is 1. The van der Waals surface area contributed by atoms with E-state index in [4.69, 9.17) is 0 Å². The van der Waals surface area contributed by atoms with E-state index in [-0.39, 0.29) is 7.43 Å². The maximum absolute atomic E-state index is 10.2. The van der Waals surface area contributed by atoms with E-state index in [0.29, 0.717) is 5.75 Å². The van der Waals surface area contributed by atoms with Gasteiger partial charge < -0.3 is 5.11 Å². The summed E-state index contributed by atoms with van der Waals surface area (Å²) in [5, 5.41) is 14.1. The first-order valence-electron chi connectivity index (χ1n) is 5.06. The summed E-state index contributed by atoms with van der Waals surface area (Å²) >= 11 is 3.42. The molecule has 0 aliphatic rings.